The minimum atomic E-state index is -3.73. The molecule has 0 unspecified atom stereocenters. The van der Waals surface area contributed by atoms with Gasteiger partial charge in [-0.2, -0.15) is 0 Å². The minimum absolute atomic E-state index is 0.193. The molecule has 8 heteroatoms. The minimum Gasteiger partial charge on any atom is -0.357 e. The number of likely N-dealkylation sites (N-methyl/N-ethyl adjacent to an activating group) is 1. The number of anilines is 1. The Balaban J connectivity index is 2.42. The van der Waals surface area contributed by atoms with Crippen LogP contribution in [0.3, 0.4) is 0 Å². The highest BCUT2D eigenvalue weighted by molar-refractivity contribution is 7.92. The summed E-state index contributed by atoms with van der Waals surface area (Å²) in [4.78, 5) is 27.1. The van der Waals surface area contributed by atoms with Crippen LogP contribution in [0.25, 0.3) is 0 Å². The second kappa shape index (κ2) is 9.96. The summed E-state index contributed by atoms with van der Waals surface area (Å²) < 4.78 is 26.3. The van der Waals surface area contributed by atoms with Crippen LogP contribution >= 0.6 is 0 Å². The first-order valence-electron chi connectivity index (χ1n) is 10.1. The fraction of sp³-hybridized carbons (Fsp3) is 0.391. The normalized spacial score (nSPS) is 12.2. The first-order chi connectivity index (χ1) is 14.4. The molecule has 0 aliphatic rings. The second-order valence-electron chi connectivity index (χ2n) is 7.86. The molecule has 168 valence electrons. The lowest BCUT2D eigenvalue weighted by Gasteiger charge is -2.31. The highest BCUT2D eigenvalue weighted by Crippen LogP contribution is 2.24. The highest BCUT2D eigenvalue weighted by atomic mass is 32.2. The zero-order valence-corrected chi connectivity index (χ0v) is 19.8. The number of carbonyl (C=O) groups is 2. The number of nitrogens with zero attached hydrogens (tertiary/aromatic N) is 2. The molecule has 0 aliphatic carbocycles. The summed E-state index contributed by atoms with van der Waals surface area (Å²) in [6.45, 7) is 7.06. The van der Waals surface area contributed by atoms with Crippen LogP contribution in [0.5, 0.6) is 0 Å². The average Bonchev–Trinajstić information content (AvgIpc) is 2.71. The van der Waals surface area contributed by atoms with Crippen LogP contribution in [0, 0.1) is 20.8 Å². The summed E-state index contributed by atoms with van der Waals surface area (Å²) in [5.74, 6) is -0.777. The molecule has 0 aromatic heterocycles. The Morgan fingerprint density at radius 1 is 1.00 bits per heavy atom. The molecule has 0 saturated carbocycles. The van der Waals surface area contributed by atoms with E-state index in [1.165, 1.54) is 11.9 Å². The first kappa shape index (κ1) is 24.4. The third kappa shape index (κ3) is 6.30. The van der Waals surface area contributed by atoms with Gasteiger partial charge in [-0.3, -0.25) is 13.9 Å². The number of rotatable bonds is 8. The number of benzene rings is 2. The van der Waals surface area contributed by atoms with Crippen LogP contribution in [0.1, 0.15) is 29.2 Å². The molecule has 2 aromatic carbocycles. The van der Waals surface area contributed by atoms with Gasteiger partial charge in [0.05, 0.1) is 11.9 Å². The number of nitrogens with one attached hydrogen (secondary N) is 1. The molecular weight excluding hydrogens is 414 g/mol. The van der Waals surface area contributed by atoms with E-state index in [-0.39, 0.29) is 12.5 Å². The topological polar surface area (TPSA) is 86.8 Å². The lowest BCUT2D eigenvalue weighted by atomic mass is 10.1. The molecule has 0 bridgehead atoms. The Hall–Kier alpha value is -2.87. The molecule has 7 nitrogen and oxygen atoms in total. The summed E-state index contributed by atoms with van der Waals surface area (Å²) in [6.07, 6.45) is 1.08. The van der Waals surface area contributed by atoms with Crippen molar-refractivity contribution in [1.29, 1.82) is 0 Å². The third-order valence-corrected chi connectivity index (χ3v) is 6.33. The van der Waals surface area contributed by atoms with E-state index in [0.717, 1.165) is 32.8 Å². The van der Waals surface area contributed by atoms with Gasteiger partial charge in [0.25, 0.3) is 0 Å². The summed E-state index contributed by atoms with van der Waals surface area (Å²) in [7, 11) is -2.22. The van der Waals surface area contributed by atoms with Crippen LogP contribution in [0.4, 0.5) is 5.69 Å². The molecule has 31 heavy (non-hydrogen) atoms. The molecule has 1 atom stereocenters. The summed E-state index contributed by atoms with van der Waals surface area (Å²) in [6, 6.07) is 12.3. The van der Waals surface area contributed by atoms with Crippen molar-refractivity contribution in [1.82, 2.24) is 10.2 Å². The fourth-order valence-electron chi connectivity index (χ4n) is 3.26. The van der Waals surface area contributed by atoms with Gasteiger partial charge in [-0.05, 0) is 50.5 Å². The maximum Gasteiger partial charge on any atom is 0.244 e. The van der Waals surface area contributed by atoms with E-state index >= 15 is 0 Å². The molecule has 0 spiro atoms. The smallest absolute Gasteiger partial charge is 0.244 e. The van der Waals surface area contributed by atoms with Gasteiger partial charge >= 0.3 is 0 Å². The molecule has 0 fully saturated rings. The van der Waals surface area contributed by atoms with Crippen LogP contribution in [0.2, 0.25) is 0 Å². The van der Waals surface area contributed by atoms with Crippen LogP contribution in [0.15, 0.2) is 42.5 Å². The maximum absolute atomic E-state index is 13.3. The number of amides is 2. The van der Waals surface area contributed by atoms with E-state index in [9.17, 15) is 18.0 Å². The predicted molar refractivity (Wildman–Crippen MR) is 123 cm³/mol. The SMILES string of the molecule is CNC(=O)[C@@H](C)N(Cc1ccc(C)cc1)C(=O)CN(c1cc(C)ccc1C)S(C)(=O)=O. The molecule has 0 saturated heterocycles. The largest absolute Gasteiger partial charge is 0.357 e. The van der Waals surface area contributed by atoms with Gasteiger partial charge in [0, 0.05) is 13.6 Å². The number of aryl methyl sites for hydroxylation is 3. The van der Waals surface area contributed by atoms with Crippen molar-refractivity contribution in [2.75, 3.05) is 24.2 Å². The lowest BCUT2D eigenvalue weighted by Crippen LogP contribution is -2.50. The van der Waals surface area contributed by atoms with Crippen LogP contribution in [-0.2, 0) is 26.2 Å². The van der Waals surface area contributed by atoms with Crippen LogP contribution in [-0.4, -0.2) is 51.0 Å². The van der Waals surface area contributed by atoms with Gasteiger partial charge in [0.15, 0.2) is 0 Å². The summed E-state index contributed by atoms with van der Waals surface area (Å²) >= 11 is 0. The number of hydrogen-bond acceptors (Lipinski definition) is 4. The van der Waals surface area contributed by atoms with Crippen molar-refractivity contribution < 1.29 is 18.0 Å². The van der Waals surface area contributed by atoms with Crippen molar-refractivity contribution >= 4 is 27.5 Å². The number of sulfonamides is 1. The van der Waals surface area contributed by atoms with Gasteiger partial charge in [-0.25, -0.2) is 8.42 Å². The Bertz CT molecular complexity index is 1050. The van der Waals surface area contributed by atoms with Crippen LogP contribution < -0.4 is 9.62 Å². The molecule has 2 rings (SSSR count). The Kier molecular flexibility index (Phi) is 7.84. The Morgan fingerprint density at radius 3 is 2.13 bits per heavy atom. The van der Waals surface area contributed by atoms with Crippen molar-refractivity contribution in [2.24, 2.45) is 0 Å². The third-order valence-electron chi connectivity index (χ3n) is 5.20. The van der Waals surface area contributed by atoms with Crippen molar-refractivity contribution in [2.45, 2.75) is 40.3 Å². The first-order valence-corrected chi connectivity index (χ1v) is 11.9. The van der Waals surface area contributed by atoms with Crippen molar-refractivity contribution in [3.8, 4) is 0 Å². The van der Waals surface area contributed by atoms with E-state index in [1.54, 1.807) is 19.9 Å². The molecular formula is C23H31N3O4S. The zero-order valence-electron chi connectivity index (χ0n) is 19.0. The molecule has 1 N–H and O–H groups in total. The van der Waals surface area contributed by atoms with Gasteiger partial charge in [-0.15, -0.1) is 0 Å². The second-order valence-corrected chi connectivity index (χ2v) is 9.76. The van der Waals surface area contributed by atoms with E-state index in [2.05, 4.69) is 5.32 Å². The van der Waals surface area contributed by atoms with Crippen molar-refractivity contribution in [3.63, 3.8) is 0 Å². The molecule has 0 aliphatic heterocycles. The quantitative estimate of drug-likeness (QED) is 0.677. The standard InChI is InChI=1S/C23H31N3O4S/c1-16-8-11-20(12-9-16)14-25(19(4)23(28)24-5)22(27)15-26(31(6,29)30)21-13-17(2)7-10-18(21)3/h7-13,19H,14-15H2,1-6H3,(H,24,28)/t19-/m1/s1. The van der Waals surface area contributed by atoms with E-state index in [4.69, 9.17) is 0 Å². The Morgan fingerprint density at radius 2 is 1.58 bits per heavy atom. The fourth-order valence-corrected chi connectivity index (χ4v) is 4.16. The van der Waals surface area contributed by atoms with Gasteiger partial charge < -0.3 is 10.2 Å². The average molecular weight is 446 g/mol. The van der Waals surface area contributed by atoms with Gasteiger partial charge in [0.1, 0.15) is 12.6 Å². The van der Waals surface area contributed by atoms with Gasteiger partial charge in [-0.1, -0.05) is 42.0 Å². The highest BCUT2D eigenvalue weighted by Gasteiger charge is 2.30. The summed E-state index contributed by atoms with van der Waals surface area (Å²) in [5.41, 5.74) is 4.02. The zero-order chi connectivity index (χ0) is 23.3. The summed E-state index contributed by atoms with van der Waals surface area (Å²) in [5, 5.41) is 2.56. The van der Waals surface area contributed by atoms with E-state index in [1.807, 2.05) is 50.2 Å². The number of carbonyl (C=O) groups excluding carboxylic acids is 2. The molecule has 0 heterocycles. The van der Waals surface area contributed by atoms with E-state index < -0.39 is 28.5 Å². The number of hydrogen-bond donors (Lipinski definition) is 1. The van der Waals surface area contributed by atoms with E-state index in [0.29, 0.717) is 5.69 Å². The monoisotopic (exact) mass is 445 g/mol. The molecule has 2 aromatic rings. The Labute approximate surface area is 185 Å². The molecule has 2 amide bonds. The lowest BCUT2D eigenvalue weighted by molar-refractivity contribution is -0.139. The van der Waals surface area contributed by atoms with Gasteiger partial charge in [0.2, 0.25) is 21.8 Å². The van der Waals surface area contributed by atoms with Crippen molar-refractivity contribution in [3.05, 3.63) is 64.7 Å². The maximum atomic E-state index is 13.3. The molecule has 0 radical (unpaired) electrons. The predicted octanol–water partition coefficient (Wildman–Crippen LogP) is 2.54.